The molecule has 9 heteroatoms. The summed E-state index contributed by atoms with van der Waals surface area (Å²) in [4.78, 5) is 24.8. The highest BCUT2D eigenvalue weighted by Gasteiger charge is 2.18. The molecule has 1 heterocycles. The minimum absolute atomic E-state index is 0.137. The van der Waals surface area contributed by atoms with Crippen LogP contribution in [0.2, 0.25) is 0 Å². The predicted molar refractivity (Wildman–Crippen MR) is 79.0 cm³/mol. The lowest BCUT2D eigenvalue weighted by Crippen LogP contribution is -2.29. The third-order valence-electron chi connectivity index (χ3n) is 2.18. The molecule has 0 amide bonds. The average Bonchev–Trinajstić information content (AvgIpc) is 2.36. The molecule has 0 aliphatic heterocycles. The van der Waals surface area contributed by atoms with Crippen molar-refractivity contribution in [2.24, 2.45) is 0 Å². The lowest BCUT2D eigenvalue weighted by molar-refractivity contribution is 0.229. The summed E-state index contributed by atoms with van der Waals surface area (Å²) in [6.45, 7) is 4.07. The summed E-state index contributed by atoms with van der Waals surface area (Å²) in [7, 11) is -3.27. The number of H-pyrrole nitrogens is 1. The Morgan fingerprint density at radius 1 is 1.35 bits per heavy atom. The molecule has 0 saturated heterocycles. The van der Waals surface area contributed by atoms with E-state index in [1.807, 2.05) is 0 Å². The molecule has 0 spiro atoms. The second-order valence-corrected chi connectivity index (χ2v) is 6.40. The van der Waals surface area contributed by atoms with Gasteiger partial charge in [-0.15, -0.1) is 0 Å². The number of aromatic amines is 1. The van der Waals surface area contributed by atoms with Crippen molar-refractivity contribution >= 4 is 23.5 Å². The summed E-state index contributed by atoms with van der Waals surface area (Å²) in [5, 5.41) is 0. The van der Waals surface area contributed by atoms with Crippen LogP contribution in [0.25, 0.3) is 0 Å². The third kappa shape index (κ3) is 4.86. The number of rotatable bonds is 7. The average molecular weight is 367 g/mol. The number of halogens is 1. The van der Waals surface area contributed by atoms with Crippen LogP contribution in [0.4, 0.5) is 0 Å². The normalized spacial score (nSPS) is 12.2. The lowest BCUT2D eigenvalue weighted by atomic mass is 10.5. The summed E-state index contributed by atoms with van der Waals surface area (Å²) < 4.78 is 23.8. The van der Waals surface area contributed by atoms with Crippen LogP contribution >= 0.6 is 23.5 Å². The Bertz CT molecular complexity index is 626. The SMILES string of the molecule is CCOP(=O)(/C=C/Cn1cc(Br)c(=O)[nH]c1=O)OCC. The first kappa shape index (κ1) is 17.1. The number of aromatic nitrogens is 2. The Kier molecular flexibility index (Phi) is 6.61. The molecule has 20 heavy (non-hydrogen) atoms. The first-order valence-corrected chi connectivity index (χ1v) is 8.38. The largest absolute Gasteiger partial charge is 0.353 e. The summed E-state index contributed by atoms with van der Waals surface area (Å²) in [5.74, 6) is 1.31. The van der Waals surface area contributed by atoms with Gasteiger partial charge in [-0.2, -0.15) is 0 Å². The number of hydrogen-bond acceptors (Lipinski definition) is 5. The van der Waals surface area contributed by atoms with Crippen molar-refractivity contribution in [3.05, 3.63) is 43.4 Å². The van der Waals surface area contributed by atoms with E-state index in [-0.39, 0.29) is 24.2 Å². The van der Waals surface area contributed by atoms with Crippen molar-refractivity contribution < 1.29 is 13.6 Å². The van der Waals surface area contributed by atoms with Gasteiger partial charge < -0.3 is 9.05 Å². The standard InChI is InChI=1S/C11H16BrN2O5P/c1-3-18-20(17,19-4-2)7-5-6-14-8-9(12)10(15)13-11(14)16/h5,7-8H,3-4,6H2,1-2H3,(H,13,15,16)/b7-5+. The van der Waals surface area contributed by atoms with Crippen LogP contribution in [-0.4, -0.2) is 22.8 Å². The highest BCUT2D eigenvalue weighted by molar-refractivity contribution is 9.10. The van der Waals surface area contributed by atoms with Crippen LogP contribution in [-0.2, 0) is 20.2 Å². The zero-order chi connectivity index (χ0) is 15.2. The molecule has 0 bridgehead atoms. The quantitative estimate of drug-likeness (QED) is 0.746. The van der Waals surface area contributed by atoms with E-state index in [9.17, 15) is 14.2 Å². The monoisotopic (exact) mass is 366 g/mol. The first-order chi connectivity index (χ1) is 9.41. The number of allylic oxidation sites excluding steroid dienone is 1. The molecule has 7 nitrogen and oxygen atoms in total. The Hall–Kier alpha value is -0.950. The molecule has 1 rings (SSSR count). The molecule has 112 valence electrons. The fraction of sp³-hybridized carbons (Fsp3) is 0.455. The van der Waals surface area contributed by atoms with Gasteiger partial charge in [0, 0.05) is 18.6 Å². The zero-order valence-corrected chi connectivity index (χ0v) is 13.6. The Morgan fingerprint density at radius 3 is 2.50 bits per heavy atom. The molecule has 0 saturated carbocycles. The molecular weight excluding hydrogens is 351 g/mol. The fourth-order valence-corrected chi connectivity index (χ4v) is 3.06. The minimum atomic E-state index is -3.27. The smallest absolute Gasteiger partial charge is 0.306 e. The molecule has 0 atom stereocenters. The van der Waals surface area contributed by atoms with E-state index in [0.717, 1.165) is 0 Å². The van der Waals surface area contributed by atoms with Crippen LogP contribution in [0.15, 0.2) is 32.2 Å². The molecule has 0 unspecified atom stereocenters. The Labute approximate surface area is 124 Å². The molecule has 1 N–H and O–H groups in total. The summed E-state index contributed by atoms with van der Waals surface area (Å²) in [6.07, 6.45) is 2.86. The van der Waals surface area contributed by atoms with Gasteiger partial charge in [-0.3, -0.25) is 18.9 Å². The number of nitrogens with zero attached hydrogens (tertiary/aromatic N) is 1. The lowest BCUT2D eigenvalue weighted by Gasteiger charge is -2.12. The van der Waals surface area contributed by atoms with Crippen LogP contribution in [0.3, 0.4) is 0 Å². The number of nitrogens with one attached hydrogen (secondary N) is 1. The van der Waals surface area contributed by atoms with E-state index >= 15 is 0 Å². The van der Waals surface area contributed by atoms with E-state index in [0.29, 0.717) is 0 Å². The third-order valence-corrected chi connectivity index (χ3v) is 4.55. The van der Waals surface area contributed by atoms with Crippen LogP contribution in [0, 0.1) is 0 Å². The van der Waals surface area contributed by atoms with Gasteiger partial charge in [-0.1, -0.05) is 6.08 Å². The maximum atomic E-state index is 12.1. The second-order valence-electron chi connectivity index (χ2n) is 3.65. The summed E-state index contributed by atoms with van der Waals surface area (Å²) in [6, 6.07) is 0. The Balaban J connectivity index is 2.87. The zero-order valence-electron chi connectivity index (χ0n) is 11.2. The van der Waals surface area contributed by atoms with Gasteiger partial charge in [0.15, 0.2) is 0 Å². The minimum Gasteiger partial charge on any atom is -0.306 e. The van der Waals surface area contributed by atoms with E-state index in [1.165, 1.54) is 22.7 Å². The maximum absolute atomic E-state index is 12.1. The van der Waals surface area contributed by atoms with Gasteiger partial charge in [0.05, 0.1) is 17.7 Å². The van der Waals surface area contributed by atoms with Gasteiger partial charge >= 0.3 is 13.3 Å². The van der Waals surface area contributed by atoms with Gasteiger partial charge in [0.2, 0.25) is 0 Å². The molecule has 0 radical (unpaired) electrons. The van der Waals surface area contributed by atoms with Crippen LogP contribution in [0.1, 0.15) is 13.8 Å². The van der Waals surface area contributed by atoms with Crippen molar-refractivity contribution in [2.45, 2.75) is 20.4 Å². The van der Waals surface area contributed by atoms with Crippen molar-refractivity contribution in [3.8, 4) is 0 Å². The Morgan fingerprint density at radius 2 is 1.95 bits per heavy atom. The summed E-state index contributed by atoms with van der Waals surface area (Å²) in [5.41, 5.74) is -1.05. The van der Waals surface area contributed by atoms with E-state index in [1.54, 1.807) is 13.8 Å². The van der Waals surface area contributed by atoms with Gasteiger partial charge in [-0.05, 0) is 29.8 Å². The molecular formula is C11H16BrN2O5P. The topological polar surface area (TPSA) is 90.4 Å². The summed E-state index contributed by atoms with van der Waals surface area (Å²) >= 11 is 3.03. The molecule has 0 aliphatic carbocycles. The van der Waals surface area contributed by atoms with Gasteiger partial charge in [0.25, 0.3) is 5.56 Å². The molecule has 1 aromatic heterocycles. The van der Waals surface area contributed by atoms with Crippen molar-refractivity contribution in [1.82, 2.24) is 9.55 Å². The van der Waals surface area contributed by atoms with Crippen LogP contribution in [0.5, 0.6) is 0 Å². The fourth-order valence-electron chi connectivity index (χ4n) is 1.39. The van der Waals surface area contributed by atoms with Gasteiger partial charge in [-0.25, -0.2) is 4.79 Å². The van der Waals surface area contributed by atoms with E-state index < -0.39 is 18.8 Å². The van der Waals surface area contributed by atoms with Gasteiger partial charge in [0.1, 0.15) is 0 Å². The highest BCUT2D eigenvalue weighted by Crippen LogP contribution is 2.49. The highest BCUT2D eigenvalue weighted by atomic mass is 79.9. The van der Waals surface area contributed by atoms with E-state index in [4.69, 9.17) is 9.05 Å². The second kappa shape index (κ2) is 7.73. The predicted octanol–water partition coefficient (Wildman–Crippen LogP) is 2.08. The van der Waals surface area contributed by atoms with Crippen molar-refractivity contribution in [3.63, 3.8) is 0 Å². The van der Waals surface area contributed by atoms with Crippen LogP contribution < -0.4 is 11.2 Å². The number of hydrogen-bond donors (Lipinski definition) is 1. The molecule has 0 fully saturated rings. The van der Waals surface area contributed by atoms with Crippen molar-refractivity contribution in [1.29, 1.82) is 0 Å². The molecule has 0 aliphatic rings. The molecule has 1 aromatic rings. The molecule has 0 aromatic carbocycles. The van der Waals surface area contributed by atoms with E-state index in [2.05, 4.69) is 20.9 Å². The maximum Gasteiger partial charge on any atom is 0.353 e. The van der Waals surface area contributed by atoms with Crippen molar-refractivity contribution in [2.75, 3.05) is 13.2 Å². The first-order valence-electron chi connectivity index (χ1n) is 5.97.